The summed E-state index contributed by atoms with van der Waals surface area (Å²) in [5.41, 5.74) is 0. The van der Waals surface area contributed by atoms with Gasteiger partial charge in [0.2, 0.25) is 5.91 Å². The van der Waals surface area contributed by atoms with Gasteiger partial charge in [-0.15, -0.1) is 0 Å². The molecule has 20 heavy (non-hydrogen) atoms. The van der Waals surface area contributed by atoms with E-state index < -0.39 is 0 Å². The number of hydrogen-bond acceptors (Lipinski definition) is 4. The van der Waals surface area contributed by atoms with Gasteiger partial charge in [0, 0.05) is 25.7 Å². The Bertz CT molecular complexity index is 284. The third-order valence-corrected chi connectivity index (χ3v) is 3.98. The van der Waals surface area contributed by atoms with Crippen molar-refractivity contribution in [2.75, 3.05) is 33.4 Å². The number of carbonyl (C=O) groups excluding carboxylic acids is 1. The molecule has 0 bridgehead atoms. The number of amides is 1. The summed E-state index contributed by atoms with van der Waals surface area (Å²) in [4.78, 5) is 14.4. The van der Waals surface area contributed by atoms with Gasteiger partial charge in [0.1, 0.15) is 0 Å². The summed E-state index contributed by atoms with van der Waals surface area (Å²) >= 11 is 0. The maximum absolute atomic E-state index is 11.9. The summed E-state index contributed by atoms with van der Waals surface area (Å²) in [6, 6.07) is 0.924. The number of rotatable bonds is 7. The number of hydrogen-bond donors (Lipinski definition) is 2. The minimum absolute atomic E-state index is 0.0620. The first-order valence-electron chi connectivity index (χ1n) is 7.81. The van der Waals surface area contributed by atoms with Crippen molar-refractivity contribution in [3.63, 3.8) is 0 Å². The topological polar surface area (TPSA) is 53.6 Å². The van der Waals surface area contributed by atoms with Gasteiger partial charge >= 0.3 is 0 Å². The molecule has 0 saturated carbocycles. The molecule has 1 amide bonds. The molecule has 1 aliphatic rings. The van der Waals surface area contributed by atoms with E-state index in [1.165, 1.54) is 13.0 Å². The molecule has 0 aromatic heterocycles. The molecule has 0 radical (unpaired) electrons. The molecule has 1 fully saturated rings. The SMILES string of the molecule is COCCNC(=O)C(C)NC1CCCN(C(C)C)CC1. The maximum atomic E-state index is 11.9. The lowest BCUT2D eigenvalue weighted by Gasteiger charge is -2.25. The summed E-state index contributed by atoms with van der Waals surface area (Å²) < 4.78 is 4.93. The monoisotopic (exact) mass is 285 g/mol. The van der Waals surface area contributed by atoms with Crippen LogP contribution in [0.1, 0.15) is 40.0 Å². The van der Waals surface area contributed by atoms with Crippen molar-refractivity contribution in [1.82, 2.24) is 15.5 Å². The highest BCUT2D eigenvalue weighted by molar-refractivity contribution is 5.81. The van der Waals surface area contributed by atoms with Gasteiger partial charge in [-0.2, -0.15) is 0 Å². The first-order chi connectivity index (χ1) is 9.54. The molecule has 2 atom stereocenters. The van der Waals surface area contributed by atoms with Gasteiger partial charge in [0.25, 0.3) is 0 Å². The van der Waals surface area contributed by atoms with Gasteiger partial charge in [0.05, 0.1) is 12.6 Å². The summed E-state index contributed by atoms with van der Waals surface area (Å²) in [7, 11) is 1.64. The van der Waals surface area contributed by atoms with Gasteiger partial charge in [-0.25, -0.2) is 0 Å². The molecule has 0 spiro atoms. The zero-order chi connectivity index (χ0) is 15.0. The molecule has 0 aromatic rings. The summed E-state index contributed by atoms with van der Waals surface area (Å²) in [5.74, 6) is 0.0620. The van der Waals surface area contributed by atoms with Crippen LogP contribution in [0.2, 0.25) is 0 Å². The van der Waals surface area contributed by atoms with E-state index in [1.54, 1.807) is 7.11 Å². The van der Waals surface area contributed by atoms with Gasteiger partial charge in [0.15, 0.2) is 0 Å². The smallest absolute Gasteiger partial charge is 0.236 e. The quantitative estimate of drug-likeness (QED) is 0.685. The van der Waals surface area contributed by atoms with E-state index in [0.717, 1.165) is 19.4 Å². The van der Waals surface area contributed by atoms with Gasteiger partial charge in [-0.1, -0.05) is 0 Å². The number of methoxy groups -OCH3 is 1. The van der Waals surface area contributed by atoms with Crippen LogP contribution in [0.25, 0.3) is 0 Å². The van der Waals surface area contributed by atoms with Crippen LogP contribution >= 0.6 is 0 Å². The Labute approximate surface area is 123 Å². The zero-order valence-corrected chi connectivity index (χ0v) is 13.4. The molecule has 0 aliphatic carbocycles. The minimum Gasteiger partial charge on any atom is -0.383 e. The summed E-state index contributed by atoms with van der Waals surface area (Å²) in [5, 5.41) is 6.34. The van der Waals surface area contributed by atoms with E-state index >= 15 is 0 Å². The molecular weight excluding hydrogens is 254 g/mol. The highest BCUT2D eigenvalue weighted by Gasteiger charge is 2.21. The highest BCUT2D eigenvalue weighted by Crippen LogP contribution is 2.13. The third kappa shape index (κ3) is 6.20. The molecule has 2 unspecified atom stereocenters. The number of ether oxygens (including phenoxy) is 1. The largest absolute Gasteiger partial charge is 0.383 e. The summed E-state index contributed by atoms with van der Waals surface area (Å²) in [6.45, 7) is 9.86. The normalized spacial score (nSPS) is 22.6. The first-order valence-corrected chi connectivity index (χ1v) is 7.81. The second-order valence-corrected chi connectivity index (χ2v) is 5.93. The molecule has 5 heteroatoms. The Morgan fingerprint density at radius 1 is 1.30 bits per heavy atom. The Morgan fingerprint density at radius 3 is 2.70 bits per heavy atom. The van der Waals surface area contributed by atoms with E-state index in [2.05, 4.69) is 29.4 Å². The van der Waals surface area contributed by atoms with Crippen LogP contribution in [0.5, 0.6) is 0 Å². The van der Waals surface area contributed by atoms with Gasteiger partial charge < -0.3 is 20.3 Å². The number of nitrogens with zero attached hydrogens (tertiary/aromatic N) is 1. The van der Waals surface area contributed by atoms with Crippen LogP contribution in [0.4, 0.5) is 0 Å². The Morgan fingerprint density at radius 2 is 2.05 bits per heavy atom. The van der Waals surface area contributed by atoms with Crippen LogP contribution in [0, 0.1) is 0 Å². The van der Waals surface area contributed by atoms with Crippen LogP contribution in [0.15, 0.2) is 0 Å². The van der Waals surface area contributed by atoms with Crippen molar-refractivity contribution in [1.29, 1.82) is 0 Å². The van der Waals surface area contributed by atoms with Crippen molar-refractivity contribution in [3.8, 4) is 0 Å². The average molecular weight is 285 g/mol. The van der Waals surface area contributed by atoms with Crippen molar-refractivity contribution < 1.29 is 9.53 Å². The first kappa shape index (κ1) is 17.4. The molecule has 5 nitrogen and oxygen atoms in total. The predicted octanol–water partition coefficient (Wildman–Crippen LogP) is 0.990. The molecule has 0 aromatic carbocycles. The average Bonchev–Trinajstić information content (AvgIpc) is 2.64. The minimum atomic E-state index is -0.137. The maximum Gasteiger partial charge on any atom is 0.236 e. The second kappa shape index (κ2) is 9.32. The van der Waals surface area contributed by atoms with Crippen molar-refractivity contribution in [2.24, 2.45) is 0 Å². The Kier molecular flexibility index (Phi) is 8.11. The number of nitrogens with one attached hydrogen (secondary N) is 2. The van der Waals surface area contributed by atoms with E-state index in [9.17, 15) is 4.79 Å². The van der Waals surface area contributed by atoms with E-state index in [1.807, 2.05) is 6.92 Å². The molecule has 1 saturated heterocycles. The molecule has 118 valence electrons. The lowest BCUT2D eigenvalue weighted by Crippen LogP contribution is -2.47. The fourth-order valence-corrected chi connectivity index (χ4v) is 2.66. The zero-order valence-electron chi connectivity index (χ0n) is 13.4. The molecular formula is C15H31N3O2. The third-order valence-electron chi connectivity index (χ3n) is 3.98. The molecule has 1 rings (SSSR count). The van der Waals surface area contributed by atoms with Crippen molar-refractivity contribution >= 4 is 5.91 Å². The predicted molar refractivity (Wildman–Crippen MR) is 81.8 cm³/mol. The number of carbonyl (C=O) groups is 1. The standard InChI is InChI=1S/C15H31N3O2/c1-12(2)18-9-5-6-14(7-10-18)17-13(3)15(19)16-8-11-20-4/h12-14,17H,5-11H2,1-4H3,(H,16,19). The fraction of sp³-hybridized carbons (Fsp3) is 0.933. The van der Waals surface area contributed by atoms with Gasteiger partial charge in [-0.3, -0.25) is 4.79 Å². The highest BCUT2D eigenvalue weighted by atomic mass is 16.5. The van der Waals surface area contributed by atoms with Gasteiger partial charge in [-0.05, 0) is 53.1 Å². The Balaban J connectivity index is 2.30. The lowest BCUT2D eigenvalue weighted by atomic mass is 10.1. The molecule has 1 heterocycles. The van der Waals surface area contributed by atoms with Crippen molar-refractivity contribution in [3.05, 3.63) is 0 Å². The van der Waals surface area contributed by atoms with E-state index in [-0.39, 0.29) is 11.9 Å². The summed E-state index contributed by atoms with van der Waals surface area (Å²) in [6.07, 6.45) is 3.47. The van der Waals surface area contributed by atoms with Crippen LogP contribution < -0.4 is 10.6 Å². The molecule has 2 N–H and O–H groups in total. The Hall–Kier alpha value is -0.650. The van der Waals surface area contributed by atoms with Crippen LogP contribution in [-0.4, -0.2) is 62.3 Å². The number of likely N-dealkylation sites (tertiary alicyclic amines) is 1. The van der Waals surface area contributed by atoms with E-state index in [4.69, 9.17) is 4.74 Å². The van der Waals surface area contributed by atoms with Crippen LogP contribution in [-0.2, 0) is 9.53 Å². The second-order valence-electron chi connectivity index (χ2n) is 5.93. The van der Waals surface area contributed by atoms with Crippen LogP contribution in [0.3, 0.4) is 0 Å². The lowest BCUT2D eigenvalue weighted by molar-refractivity contribution is -0.123. The van der Waals surface area contributed by atoms with Crippen molar-refractivity contribution in [2.45, 2.75) is 58.2 Å². The molecule has 1 aliphatic heterocycles. The fourth-order valence-electron chi connectivity index (χ4n) is 2.66. The van der Waals surface area contributed by atoms with E-state index in [0.29, 0.717) is 25.2 Å².